The van der Waals surface area contributed by atoms with Crippen molar-refractivity contribution in [3.8, 4) is 0 Å². The number of hydrogen-bond acceptors (Lipinski definition) is 16. The maximum Gasteiger partial charge on any atom is 0.328 e. The van der Waals surface area contributed by atoms with Crippen LogP contribution in [0.5, 0.6) is 0 Å². The number of ketones is 1. The highest BCUT2D eigenvalue weighted by Crippen LogP contribution is 2.40. The summed E-state index contributed by atoms with van der Waals surface area (Å²) in [7, 11) is -1.67. The van der Waals surface area contributed by atoms with Crippen LogP contribution in [0, 0.1) is 17.8 Å². The van der Waals surface area contributed by atoms with E-state index in [2.05, 4.69) is 31.9 Å². The molecule has 2 rings (SSSR count). The molecule has 85 heavy (non-hydrogen) atoms. The van der Waals surface area contributed by atoms with Gasteiger partial charge in [-0.3, -0.25) is 43.2 Å². The summed E-state index contributed by atoms with van der Waals surface area (Å²) in [4.78, 5) is 137. The van der Waals surface area contributed by atoms with E-state index in [1.807, 2.05) is 33.9 Å². The number of carbonyl (C=O) groups is 10. The first kappa shape index (κ1) is 75.3. The number of aliphatic hydroxyl groups is 1. The Balaban J connectivity index is 2.61. The van der Waals surface area contributed by atoms with Crippen molar-refractivity contribution >= 4 is 67.5 Å². The predicted octanol–water partition coefficient (Wildman–Crippen LogP) is 5.68. The van der Waals surface area contributed by atoms with E-state index in [1.54, 1.807) is 85.7 Å². The van der Waals surface area contributed by atoms with Crippen LogP contribution in [0.15, 0.2) is 30.3 Å². The van der Waals surface area contributed by atoms with E-state index in [0.717, 1.165) is 32.1 Å². The van der Waals surface area contributed by atoms with Crippen molar-refractivity contribution in [2.75, 3.05) is 7.11 Å². The Morgan fingerprint density at radius 1 is 0.647 bits per heavy atom. The highest BCUT2D eigenvalue weighted by Gasteiger charge is 2.46. The zero-order valence-corrected chi connectivity index (χ0v) is 55.2. The molecular formula is C62H105N7O15Si. The maximum absolute atomic E-state index is 14.9. The molecule has 6 amide bonds. The molecule has 23 heteroatoms. The molecule has 1 fully saturated rings. The fraction of sp³-hybridized carbons (Fsp3) is 0.742. The molecule has 0 aliphatic heterocycles. The van der Waals surface area contributed by atoms with Crippen LogP contribution in [0.1, 0.15) is 186 Å². The largest absolute Gasteiger partial charge is 0.467 e. The summed E-state index contributed by atoms with van der Waals surface area (Å²) in [6.07, 6.45) is 2.62. The Hall–Kier alpha value is -5.78. The van der Waals surface area contributed by atoms with Gasteiger partial charge in [0.1, 0.15) is 47.2 Å². The summed E-state index contributed by atoms with van der Waals surface area (Å²) in [6, 6.07) is 0.242. The molecule has 1 aliphatic carbocycles. The second-order valence-electron chi connectivity index (χ2n) is 27.3. The van der Waals surface area contributed by atoms with Crippen LogP contribution in [0.2, 0.25) is 18.1 Å². The third-order valence-corrected chi connectivity index (χ3v) is 19.8. The minimum absolute atomic E-state index is 0.0507. The summed E-state index contributed by atoms with van der Waals surface area (Å²) >= 11 is 0. The number of amides is 6. The summed E-state index contributed by atoms with van der Waals surface area (Å²) in [6.45, 7) is 29.2. The van der Waals surface area contributed by atoms with Gasteiger partial charge in [-0.15, -0.1) is 0 Å². The van der Waals surface area contributed by atoms with E-state index in [9.17, 15) is 53.1 Å². The molecule has 482 valence electrons. The molecule has 0 unspecified atom stereocenters. The fourth-order valence-electron chi connectivity index (χ4n) is 9.58. The van der Waals surface area contributed by atoms with Gasteiger partial charge in [0.05, 0.1) is 36.8 Å². The minimum atomic E-state index is -2.84. The molecule has 0 heterocycles. The molecule has 9 N–H and O–H groups in total. The van der Waals surface area contributed by atoms with Crippen LogP contribution in [-0.4, -0.2) is 145 Å². The second-order valence-corrected chi connectivity index (χ2v) is 32.1. The summed E-state index contributed by atoms with van der Waals surface area (Å²) < 4.78 is 23.0. The van der Waals surface area contributed by atoms with Crippen molar-refractivity contribution in [1.29, 1.82) is 0 Å². The van der Waals surface area contributed by atoms with Crippen molar-refractivity contribution < 1.29 is 71.7 Å². The molecule has 22 nitrogen and oxygen atoms in total. The van der Waals surface area contributed by atoms with Gasteiger partial charge in [0.25, 0.3) is 0 Å². The van der Waals surface area contributed by atoms with Crippen molar-refractivity contribution in [3.05, 3.63) is 35.9 Å². The van der Waals surface area contributed by atoms with E-state index < -0.39 is 156 Å². The Kier molecular flexibility index (Phi) is 29.6. The van der Waals surface area contributed by atoms with E-state index in [1.165, 1.54) is 34.8 Å². The fourth-order valence-corrected chi connectivity index (χ4v) is 10.9. The van der Waals surface area contributed by atoms with Gasteiger partial charge < -0.3 is 61.4 Å². The molecule has 0 spiro atoms. The van der Waals surface area contributed by atoms with Gasteiger partial charge in [-0.25, -0.2) is 4.79 Å². The number of ether oxygens (including phenoxy) is 3. The van der Waals surface area contributed by atoms with Crippen LogP contribution in [0.3, 0.4) is 0 Å². The number of rotatable bonds is 32. The standard InChI is InChI=1S/C62H105N7O15Si/c1-37(2)51(69-54(75)43(63)29-31-49(71)82-59(5,6)7)57(78)67-46(33-38(3)70)56(77)66-45(34-40-25-21-19-22-26-40)48(84-85(17,18)61(11,12)13)36-42(62(14,15)80)53(74)64-39(4)52(73)65-44(30-32-50(72)83-60(8,9)10)55(76)68-47(58(79)81-16)35-41-27-23-20-24-28-41/h20,23-24,27-28,37,39-40,42-48,51,80H,19,21-22,25-26,29-36,63H2,1-18H3,(H,64,74)(H,65,73)(H,66,77)(H,67,78)(H,68,76)(H,69,75)/t39-,42-,43+,44-,45+,46+,47-,48+,51+/m1/s1. The van der Waals surface area contributed by atoms with Gasteiger partial charge >= 0.3 is 17.9 Å². The van der Waals surface area contributed by atoms with E-state index >= 15 is 0 Å². The average Bonchev–Trinajstić information content (AvgIpc) is 2.63. The molecule has 0 saturated heterocycles. The molecule has 0 radical (unpaired) electrons. The van der Waals surface area contributed by atoms with E-state index in [-0.39, 0.29) is 44.4 Å². The Morgan fingerprint density at radius 3 is 1.66 bits per heavy atom. The smallest absolute Gasteiger partial charge is 0.328 e. The van der Waals surface area contributed by atoms with Gasteiger partial charge in [-0.2, -0.15) is 0 Å². The molecule has 1 aliphatic rings. The van der Waals surface area contributed by atoms with Crippen LogP contribution in [0.25, 0.3) is 0 Å². The molecule has 9 atom stereocenters. The van der Waals surface area contributed by atoms with Crippen molar-refractivity contribution in [3.63, 3.8) is 0 Å². The Labute approximate surface area is 506 Å². The molecule has 1 aromatic carbocycles. The van der Waals surface area contributed by atoms with Crippen molar-refractivity contribution in [2.24, 2.45) is 23.5 Å². The zero-order valence-electron chi connectivity index (χ0n) is 54.2. The summed E-state index contributed by atoms with van der Waals surface area (Å²) in [5.41, 5.74) is 3.51. The lowest BCUT2D eigenvalue weighted by Gasteiger charge is -2.44. The van der Waals surface area contributed by atoms with Gasteiger partial charge in [-0.1, -0.05) is 97.1 Å². The third-order valence-electron chi connectivity index (χ3n) is 15.3. The number of benzene rings is 1. The molecule has 0 bridgehead atoms. The van der Waals surface area contributed by atoms with E-state index in [4.69, 9.17) is 24.4 Å². The SMILES string of the molecule is COC(=O)[C@@H](Cc1ccccc1)NC(=O)[C@@H](CCC(=O)OC(C)(C)C)NC(=O)[C@@H](C)NC(=O)[C@@H](C[C@H](O[Si](C)(C)C(C)(C)C)[C@H](CC1CCCCC1)NC(=O)[C@H](CC(C)=O)NC(=O)[C@@H](NC(=O)[C@@H](N)CCC(=O)OC(C)(C)C)C(C)C)C(C)(C)O. The third kappa shape index (κ3) is 27.6. The predicted molar refractivity (Wildman–Crippen MR) is 325 cm³/mol. The molecular weight excluding hydrogens is 1110 g/mol. The van der Waals surface area contributed by atoms with Crippen LogP contribution < -0.4 is 37.6 Å². The van der Waals surface area contributed by atoms with E-state index in [0.29, 0.717) is 12.0 Å². The molecule has 1 aromatic rings. The average molecular weight is 1220 g/mol. The van der Waals surface area contributed by atoms with Crippen LogP contribution in [0.4, 0.5) is 0 Å². The normalized spacial score (nSPS) is 16.8. The topological polar surface area (TPSA) is 326 Å². The lowest BCUT2D eigenvalue weighted by molar-refractivity contribution is -0.156. The number of hydrogen-bond donors (Lipinski definition) is 8. The number of esters is 3. The van der Waals surface area contributed by atoms with Crippen molar-refractivity contribution in [2.45, 2.75) is 271 Å². The summed E-state index contributed by atoms with van der Waals surface area (Å²) in [5, 5.41) is 28.1. The number of nitrogens with two attached hydrogens (primary N) is 1. The lowest BCUT2D eigenvalue weighted by Crippen LogP contribution is -2.60. The molecule has 1 saturated carbocycles. The van der Waals surface area contributed by atoms with Gasteiger partial charge in [0, 0.05) is 25.7 Å². The quantitative estimate of drug-likeness (QED) is 0.0245. The second kappa shape index (κ2) is 33.4. The van der Waals surface area contributed by atoms with Crippen LogP contribution >= 0.6 is 0 Å². The Morgan fingerprint density at radius 2 is 1.16 bits per heavy atom. The van der Waals surface area contributed by atoms with Crippen LogP contribution in [-0.2, 0) is 73.0 Å². The van der Waals surface area contributed by atoms with Gasteiger partial charge in [0.2, 0.25) is 35.4 Å². The first-order chi connectivity index (χ1) is 39.0. The van der Waals surface area contributed by atoms with Gasteiger partial charge in [0.15, 0.2) is 8.32 Å². The minimum Gasteiger partial charge on any atom is -0.467 e. The lowest BCUT2D eigenvalue weighted by atomic mass is 9.79. The first-order valence-electron chi connectivity index (χ1n) is 30.1. The highest BCUT2D eigenvalue weighted by molar-refractivity contribution is 6.74. The highest BCUT2D eigenvalue weighted by atomic mass is 28.4. The summed E-state index contributed by atoms with van der Waals surface area (Å²) in [5.74, 6) is -8.72. The zero-order chi connectivity index (χ0) is 65.0. The maximum atomic E-state index is 14.9. The van der Waals surface area contributed by atoms with Gasteiger partial charge in [-0.05, 0) is 130 Å². The monoisotopic (exact) mass is 1220 g/mol. The number of methoxy groups -OCH3 is 1. The number of Topliss-reactive ketones (excluding diaryl/α,β-unsaturated/α-hetero) is 1. The Bertz CT molecular complexity index is 2410. The first-order valence-corrected chi connectivity index (χ1v) is 33.0. The number of nitrogens with one attached hydrogen (secondary N) is 6. The van der Waals surface area contributed by atoms with Crippen molar-refractivity contribution in [1.82, 2.24) is 31.9 Å². The number of carbonyl (C=O) groups excluding carboxylic acids is 10. The molecule has 0 aromatic heterocycles.